The van der Waals surface area contributed by atoms with Crippen molar-refractivity contribution in [2.24, 2.45) is 0 Å². The van der Waals surface area contributed by atoms with Gasteiger partial charge in [-0.05, 0) is 42.5 Å². The molecule has 0 aliphatic carbocycles. The van der Waals surface area contributed by atoms with Crippen LogP contribution in [-0.4, -0.2) is 47.1 Å². The third-order valence-corrected chi connectivity index (χ3v) is 6.94. The molecule has 0 saturated carbocycles. The first kappa shape index (κ1) is 19.5. The summed E-state index contributed by atoms with van der Waals surface area (Å²) < 4.78 is 43.8. The van der Waals surface area contributed by atoms with Gasteiger partial charge in [-0.25, -0.2) is 8.42 Å². The Morgan fingerprint density at radius 3 is 2.19 bits per heavy atom. The summed E-state index contributed by atoms with van der Waals surface area (Å²) in [6.07, 6.45) is 1.48. The van der Waals surface area contributed by atoms with Gasteiger partial charge in [0.05, 0.1) is 21.3 Å². The first-order chi connectivity index (χ1) is 13.0. The van der Waals surface area contributed by atoms with Crippen LogP contribution in [0.15, 0.2) is 47.4 Å². The van der Waals surface area contributed by atoms with Crippen LogP contribution in [0.25, 0.3) is 0 Å². The summed E-state index contributed by atoms with van der Waals surface area (Å²) in [5.41, 5.74) is 1.14. The molecule has 146 valence electrons. The number of hydrogen-bond donors (Lipinski definition) is 0. The van der Waals surface area contributed by atoms with Crippen molar-refractivity contribution < 1.29 is 22.6 Å². The van der Waals surface area contributed by atoms with Gasteiger partial charge in [-0.2, -0.15) is 4.31 Å². The fourth-order valence-corrected chi connectivity index (χ4v) is 5.18. The topological polar surface area (TPSA) is 65.1 Å². The number of nitrogens with zero attached hydrogens (tertiary/aromatic N) is 1. The van der Waals surface area contributed by atoms with E-state index in [4.69, 9.17) is 14.2 Å². The minimum atomic E-state index is -3.66. The Bertz CT molecular complexity index is 889. The lowest BCUT2D eigenvalue weighted by Gasteiger charge is -2.32. The third-order valence-electron chi connectivity index (χ3n) is 5.02. The van der Waals surface area contributed by atoms with Gasteiger partial charge in [0.2, 0.25) is 10.0 Å². The maximum Gasteiger partial charge on any atom is 0.246 e. The zero-order valence-electron chi connectivity index (χ0n) is 15.8. The summed E-state index contributed by atoms with van der Waals surface area (Å²) in [5.74, 6) is 1.94. The van der Waals surface area contributed by atoms with Gasteiger partial charge < -0.3 is 14.2 Å². The number of methoxy groups -OCH3 is 3. The van der Waals surface area contributed by atoms with Gasteiger partial charge >= 0.3 is 0 Å². The Morgan fingerprint density at radius 2 is 1.56 bits per heavy atom. The van der Waals surface area contributed by atoms with Crippen LogP contribution in [-0.2, 0) is 10.0 Å². The summed E-state index contributed by atoms with van der Waals surface area (Å²) in [6.45, 7) is 0.900. The fraction of sp³-hybridized carbons (Fsp3) is 0.400. The van der Waals surface area contributed by atoms with Crippen LogP contribution >= 0.6 is 0 Å². The van der Waals surface area contributed by atoms with Gasteiger partial charge in [-0.3, -0.25) is 0 Å². The molecule has 0 radical (unpaired) electrons. The number of hydrogen-bond acceptors (Lipinski definition) is 5. The van der Waals surface area contributed by atoms with Gasteiger partial charge in [-0.15, -0.1) is 0 Å². The van der Waals surface area contributed by atoms with Crippen molar-refractivity contribution in [3.05, 3.63) is 48.0 Å². The highest BCUT2D eigenvalue weighted by Crippen LogP contribution is 2.37. The van der Waals surface area contributed by atoms with Gasteiger partial charge in [0.15, 0.2) is 0 Å². The summed E-state index contributed by atoms with van der Waals surface area (Å²) in [7, 11) is 0.976. The van der Waals surface area contributed by atoms with Crippen molar-refractivity contribution in [2.75, 3.05) is 34.4 Å². The highest BCUT2D eigenvalue weighted by atomic mass is 32.2. The highest BCUT2D eigenvalue weighted by Gasteiger charge is 2.33. The van der Waals surface area contributed by atoms with E-state index in [-0.39, 0.29) is 10.8 Å². The van der Waals surface area contributed by atoms with Crippen molar-refractivity contribution in [2.45, 2.75) is 23.7 Å². The second-order valence-corrected chi connectivity index (χ2v) is 8.34. The molecule has 1 heterocycles. The van der Waals surface area contributed by atoms with Crippen LogP contribution in [0.5, 0.6) is 17.2 Å². The van der Waals surface area contributed by atoms with E-state index in [0.717, 1.165) is 24.2 Å². The summed E-state index contributed by atoms with van der Waals surface area (Å²) in [4.78, 5) is 0.139. The molecule has 0 spiro atoms. The zero-order valence-corrected chi connectivity index (χ0v) is 16.7. The van der Waals surface area contributed by atoms with Gasteiger partial charge in [0.25, 0.3) is 0 Å². The molecule has 1 aliphatic rings. The Hall–Kier alpha value is -2.25. The van der Waals surface area contributed by atoms with Crippen molar-refractivity contribution in [3.8, 4) is 17.2 Å². The lowest BCUT2D eigenvalue weighted by atomic mass is 9.89. The Balaban J connectivity index is 1.81. The van der Waals surface area contributed by atoms with E-state index in [0.29, 0.717) is 24.6 Å². The predicted octanol–water partition coefficient (Wildman–Crippen LogP) is 3.28. The standard InChI is InChI=1S/C20H25NO5S/c1-24-16-8-9-19(26-3)20(14-16)27(22,23)21-12-10-15(11-13-21)17-6-4-5-7-18(17)25-2/h4-9,14-15H,10-13H2,1-3H3. The van der Waals surface area contributed by atoms with Crippen molar-refractivity contribution >= 4 is 10.0 Å². The molecule has 0 amide bonds. The maximum atomic E-state index is 13.2. The molecule has 1 fully saturated rings. The van der Waals surface area contributed by atoms with Crippen molar-refractivity contribution in [1.82, 2.24) is 4.31 Å². The molecule has 0 aromatic heterocycles. The van der Waals surface area contributed by atoms with Gasteiger partial charge in [-0.1, -0.05) is 18.2 Å². The number of ether oxygens (including phenoxy) is 3. The lowest BCUT2D eigenvalue weighted by molar-refractivity contribution is 0.311. The van der Waals surface area contributed by atoms with Crippen molar-refractivity contribution in [3.63, 3.8) is 0 Å². The normalized spacial score (nSPS) is 16.1. The molecule has 2 aromatic carbocycles. The molecule has 0 unspecified atom stereocenters. The average molecular weight is 391 g/mol. The van der Waals surface area contributed by atoms with E-state index in [2.05, 4.69) is 6.07 Å². The van der Waals surface area contributed by atoms with E-state index in [1.807, 2.05) is 18.2 Å². The van der Waals surface area contributed by atoms with Crippen LogP contribution in [0.2, 0.25) is 0 Å². The molecule has 0 atom stereocenters. The number of sulfonamides is 1. The SMILES string of the molecule is COc1ccc(OC)c(S(=O)(=O)N2CCC(c3ccccc3OC)CC2)c1. The lowest BCUT2D eigenvalue weighted by Crippen LogP contribution is -2.38. The summed E-state index contributed by atoms with van der Waals surface area (Å²) in [6, 6.07) is 12.7. The molecular weight excluding hydrogens is 366 g/mol. The summed E-state index contributed by atoms with van der Waals surface area (Å²) in [5, 5.41) is 0. The van der Waals surface area contributed by atoms with E-state index < -0.39 is 10.0 Å². The molecule has 0 bridgehead atoms. The Kier molecular flexibility index (Phi) is 5.92. The fourth-order valence-electron chi connectivity index (χ4n) is 3.54. The molecule has 1 aliphatic heterocycles. The van der Waals surface area contributed by atoms with Gasteiger partial charge in [0.1, 0.15) is 22.1 Å². The number of piperidine rings is 1. The van der Waals surface area contributed by atoms with Crippen LogP contribution in [0, 0.1) is 0 Å². The largest absolute Gasteiger partial charge is 0.497 e. The molecular formula is C20H25NO5S. The molecule has 2 aromatic rings. The van der Waals surface area contributed by atoms with E-state index >= 15 is 0 Å². The van der Waals surface area contributed by atoms with E-state index in [1.165, 1.54) is 24.6 Å². The Morgan fingerprint density at radius 1 is 0.889 bits per heavy atom. The quantitative estimate of drug-likeness (QED) is 0.756. The first-order valence-electron chi connectivity index (χ1n) is 8.86. The predicted molar refractivity (Wildman–Crippen MR) is 103 cm³/mol. The van der Waals surface area contributed by atoms with Crippen LogP contribution < -0.4 is 14.2 Å². The smallest absolute Gasteiger partial charge is 0.246 e. The molecule has 27 heavy (non-hydrogen) atoms. The average Bonchev–Trinajstić information content (AvgIpc) is 2.73. The van der Waals surface area contributed by atoms with E-state index in [9.17, 15) is 8.42 Å². The molecule has 0 N–H and O–H groups in total. The number of benzene rings is 2. The molecule has 3 rings (SSSR count). The molecule has 6 nitrogen and oxygen atoms in total. The first-order valence-corrected chi connectivity index (χ1v) is 10.3. The van der Waals surface area contributed by atoms with Crippen LogP contribution in [0.3, 0.4) is 0 Å². The minimum absolute atomic E-state index is 0.139. The monoisotopic (exact) mass is 391 g/mol. The highest BCUT2D eigenvalue weighted by molar-refractivity contribution is 7.89. The minimum Gasteiger partial charge on any atom is -0.497 e. The number of rotatable bonds is 6. The van der Waals surface area contributed by atoms with Crippen LogP contribution in [0.1, 0.15) is 24.3 Å². The number of para-hydroxylation sites is 1. The Labute approximate surface area is 160 Å². The zero-order chi connectivity index (χ0) is 19.4. The second-order valence-electron chi connectivity index (χ2n) is 6.44. The van der Waals surface area contributed by atoms with Gasteiger partial charge in [0, 0.05) is 19.2 Å². The summed E-state index contributed by atoms with van der Waals surface area (Å²) >= 11 is 0. The maximum absolute atomic E-state index is 13.2. The molecule has 7 heteroatoms. The van der Waals surface area contributed by atoms with E-state index in [1.54, 1.807) is 19.2 Å². The third kappa shape index (κ3) is 3.89. The molecule has 1 saturated heterocycles. The van der Waals surface area contributed by atoms with Crippen LogP contribution in [0.4, 0.5) is 0 Å². The van der Waals surface area contributed by atoms with Crippen molar-refractivity contribution in [1.29, 1.82) is 0 Å². The second kappa shape index (κ2) is 8.19.